The SMILES string of the molecule is O=C(COC(=O)c1cc(F)ccc1Br)c1ccc(F)cc1. The number of rotatable bonds is 4. The summed E-state index contributed by atoms with van der Waals surface area (Å²) in [6, 6.07) is 8.43. The fraction of sp³-hybridized carbons (Fsp3) is 0.0667. The summed E-state index contributed by atoms with van der Waals surface area (Å²) in [7, 11) is 0. The zero-order chi connectivity index (χ0) is 15.4. The predicted molar refractivity (Wildman–Crippen MR) is 75.1 cm³/mol. The van der Waals surface area contributed by atoms with Crippen molar-refractivity contribution in [1.29, 1.82) is 0 Å². The highest BCUT2D eigenvalue weighted by atomic mass is 79.9. The molecule has 0 aliphatic rings. The summed E-state index contributed by atoms with van der Waals surface area (Å²) in [5, 5.41) is 0. The van der Waals surface area contributed by atoms with E-state index in [0.717, 1.165) is 18.2 Å². The maximum atomic E-state index is 13.1. The van der Waals surface area contributed by atoms with Gasteiger partial charge in [-0.3, -0.25) is 4.79 Å². The highest BCUT2D eigenvalue weighted by molar-refractivity contribution is 9.10. The lowest BCUT2D eigenvalue weighted by Crippen LogP contribution is -2.14. The molecule has 3 nitrogen and oxygen atoms in total. The van der Waals surface area contributed by atoms with Gasteiger partial charge in [-0.1, -0.05) is 0 Å². The van der Waals surface area contributed by atoms with Crippen molar-refractivity contribution in [3.8, 4) is 0 Å². The van der Waals surface area contributed by atoms with Crippen LogP contribution in [0.25, 0.3) is 0 Å². The second-order valence-corrected chi connectivity index (χ2v) is 4.98. The number of ketones is 1. The predicted octanol–water partition coefficient (Wildman–Crippen LogP) is 3.77. The van der Waals surface area contributed by atoms with Gasteiger partial charge in [-0.25, -0.2) is 13.6 Å². The van der Waals surface area contributed by atoms with Gasteiger partial charge in [-0.15, -0.1) is 0 Å². The lowest BCUT2D eigenvalue weighted by atomic mass is 10.1. The molecule has 0 radical (unpaired) electrons. The Labute approximate surface area is 127 Å². The van der Waals surface area contributed by atoms with E-state index in [9.17, 15) is 18.4 Å². The third kappa shape index (κ3) is 3.95. The topological polar surface area (TPSA) is 43.4 Å². The van der Waals surface area contributed by atoms with Crippen LogP contribution in [0.1, 0.15) is 20.7 Å². The van der Waals surface area contributed by atoms with Gasteiger partial charge in [0, 0.05) is 10.0 Å². The Balaban J connectivity index is 2.02. The molecule has 0 amide bonds. The van der Waals surface area contributed by atoms with Crippen LogP contribution >= 0.6 is 15.9 Å². The van der Waals surface area contributed by atoms with Gasteiger partial charge in [-0.05, 0) is 58.4 Å². The van der Waals surface area contributed by atoms with Crippen LogP contribution in [-0.4, -0.2) is 18.4 Å². The molecule has 2 rings (SSSR count). The number of benzene rings is 2. The van der Waals surface area contributed by atoms with Crippen LogP contribution in [0, 0.1) is 11.6 Å². The number of hydrogen-bond acceptors (Lipinski definition) is 3. The number of hydrogen-bond donors (Lipinski definition) is 0. The normalized spacial score (nSPS) is 10.2. The molecular formula is C15H9BrF2O3. The monoisotopic (exact) mass is 354 g/mol. The molecule has 0 aliphatic carbocycles. The Hall–Kier alpha value is -2.08. The van der Waals surface area contributed by atoms with Crippen LogP contribution in [0.4, 0.5) is 8.78 Å². The summed E-state index contributed by atoms with van der Waals surface area (Å²) in [6.07, 6.45) is 0. The maximum Gasteiger partial charge on any atom is 0.339 e. The van der Waals surface area contributed by atoms with Gasteiger partial charge in [0.15, 0.2) is 12.4 Å². The molecule has 0 saturated carbocycles. The first-order valence-corrected chi connectivity index (χ1v) is 6.67. The number of ether oxygens (including phenoxy) is 1. The average Bonchev–Trinajstić information content (AvgIpc) is 2.47. The van der Waals surface area contributed by atoms with Crippen molar-refractivity contribution in [2.24, 2.45) is 0 Å². The average molecular weight is 355 g/mol. The van der Waals surface area contributed by atoms with E-state index in [2.05, 4.69) is 15.9 Å². The molecule has 0 aromatic heterocycles. The van der Waals surface area contributed by atoms with E-state index in [-0.39, 0.29) is 11.1 Å². The van der Waals surface area contributed by atoms with E-state index in [0.29, 0.717) is 4.47 Å². The summed E-state index contributed by atoms with van der Waals surface area (Å²) in [5.74, 6) is -2.35. The van der Waals surface area contributed by atoms with Gasteiger partial charge in [-0.2, -0.15) is 0 Å². The van der Waals surface area contributed by atoms with Crippen LogP contribution in [0.2, 0.25) is 0 Å². The fourth-order valence-corrected chi connectivity index (χ4v) is 1.99. The van der Waals surface area contributed by atoms with Gasteiger partial charge in [0.05, 0.1) is 5.56 Å². The Bertz CT molecular complexity index is 684. The van der Waals surface area contributed by atoms with E-state index >= 15 is 0 Å². The quantitative estimate of drug-likeness (QED) is 0.620. The van der Waals surface area contributed by atoms with Crippen LogP contribution in [0.3, 0.4) is 0 Å². The molecule has 0 fully saturated rings. The van der Waals surface area contributed by atoms with Crippen molar-refractivity contribution in [3.05, 3.63) is 69.7 Å². The first-order valence-electron chi connectivity index (χ1n) is 5.88. The van der Waals surface area contributed by atoms with Gasteiger partial charge in [0.2, 0.25) is 0 Å². The molecule has 6 heteroatoms. The Kier molecular flexibility index (Phi) is 4.80. The van der Waals surface area contributed by atoms with Crippen LogP contribution in [0.5, 0.6) is 0 Å². The molecule has 21 heavy (non-hydrogen) atoms. The molecule has 0 unspecified atom stereocenters. The molecule has 2 aromatic rings. The number of carbonyl (C=O) groups is 2. The second-order valence-electron chi connectivity index (χ2n) is 4.13. The first kappa shape index (κ1) is 15.3. The van der Waals surface area contributed by atoms with Crippen molar-refractivity contribution >= 4 is 27.7 Å². The summed E-state index contributed by atoms with van der Waals surface area (Å²) in [4.78, 5) is 23.5. The van der Waals surface area contributed by atoms with Gasteiger partial charge < -0.3 is 4.74 Å². The van der Waals surface area contributed by atoms with Crippen LogP contribution in [-0.2, 0) is 4.74 Å². The summed E-state index contributed by atoms with van der Waals surface area (Å²) in [5.41, 5.74) is 0.212. The first-order chi connectivity index (χ1) is 9.97. The molecular weight excluding hydrogens is 346 g/mol. The van der Waals surface area contributed by atoms with Crippen molar-refractivity contribution in [1.82, 2.24) is 0 Å². The van der Waals surface area contributed by atoms with Crippen molar-refractivity contribution in [2.45, 2.75) is 0 Å². The summed E-state index contributed by atoms with van der Waals surface area (Å²) >= 11 is 3.10. The molecule has 0 spiro atoms. The molecule has 0 N–H and O–H groups in total. The Morgan fingerprint density at radius 3 is 2.29 bits per heavy atom. The minimum Gasteiger partial charge on any atom is -0.454 e. The molecule has 108 valence electrons. The minimum atomic E-state index is -0.822. The van der Waals surface area contributed by atoms with E-state index in [4.69, 9.17) is 4.74 Å². The van der Waals surface area contributed by atoms with Crippen molar-refractivity contribution in [3.63, 3.8) is 0 Å². The number of Topliss-reactive ketones (excluding diaryl/α,β-unsaturated/α-hetero) is 1. The maximum absolute atomic E-state index is 13.1. The van der Waals surface area contributed by atoms with E-state index in [1.807, 2.05) is 0 Å². The molecule has 0 bridgehead atoms. The molecule has 0 atom stereocenters. The Morgan fingerprint density at radius 1 is 1.00 bits per heavy atom. The van der Waals surface area contributed by atoms with Gasteiger partial charge in [0.25, 0.3) is 0 Å². The minimum absolute atomic E-state index is 0.0121. The molecule has 2 aromatic carbocycles. The summed E-state index contributed by atoms with van der Waals surface area (Å²) in [6.45, 7) is -0.507. The van der Waals surface area contributed by atoms with Crippen LogP contribution in [0.15, 0.2) is 46.9 Å². The standard InChI is InChI=1S/C15H9BrF2O3/c16-13-6-5-11(18)7-12(13)15(20)21-8-14(19)9-1-3-10(17)4-2-9/h1-7H,8H2. The molecule has 0 saturated heterocycles. The number of esters is 1. The Morgan fingerprint density at radius 2 is 1.62 bits per heavy atom. The van der Waals surface area contributed by atoms with E-state index in [1.165, 1.54) is 24.3 Å². The van der Waals surface area contributed by atoms with Crippen molar-refractivity contribution in [2.75, 3.05) is 6.61 Å². The third-order valence-corrected chi connectivity index (χ3v) is 3.34. The largest absolute Gasteiger partial charge is 0.454 e. The fourth-order valence-electron chi connectivity index (χ4n) is 1.58. The molecule has 0 heterocycles. The highest BCUT2D eigenvalue weighted by Gasteiger charge is 2.15. The zero-order valence-electron chi connectivity index (χ0n) is 10.6. The number of halogens is 3. The molecule has 0 aliphatic heterocycles. The zero-order valence-corrected chi connectivity index (χ0v) is 12.2. The van der Waals surface area contributed by atoms with Crippen molar-refractivity contribution < 1.29 is 23.1 Å². The van der Waals surface area contributed by atoms with Crippen LogP contribution < -0.4 is 0 Å². The second kappa shape index (κ2) is 6.58. The highest BCUT2D eigenvalue weighted by Crippen LogP contribution is 2.18. The lowest BCUT2D eigenvalue weighted by molar-refractivity contribution is 0.0473. The third-order valence-electron chi connectivity index (χ3n) is 2.65. The number of carbonyl (C=O) groups excluding carboxylic acids is 2. The lowest BCUT2D eigenvalue weighted by Gasteiger charge is -2.06. The smallest absolute Gasteiger partial charge is 0.339 e. The van der Waals surface area contributed by atoms with Gasteiger partial charge >= 0.3 is 5.97 Å². The van der Waals surface area contributed by atoms with E-state index in [1.54, 1.807) is 0 Å². The van der Waals surface area contributed by atoms with E-state index < -0.39 is 30.0 Å². The summed E-state index contributed by atoms with van der Waals surface area (Å²) < 4.78 is 31.0. The van der Waals surface area contributed by atoms with Gasteiger partial charge in [0.1, 0.15) is 11.6 Å².